The lowest BCUT2D eigenvalue weighted by Crippen LogP contribution is -2.52. The Labute approximate surface area is 196 Å². The number of likely N-dealkylation sites (tertiary alicyclic amines) is 1. The van der Waals surface area contributed by atoms with Gasteiger partial charge < -0.3 is 10.0 Å². The number of carbonyl (C=O) groups excluding carboxylic acids is 1. The molecular formula is C26H33Cl2NO2. The van der Waals surface area contributed by atoms with E-state index in [4.69, 9.17) is 23.2 Å². The first-order valence-electron chi connectivity index (χ1n) is 11.0. The van der Waals surface area contributed by atoms with E-state index in [1.807, 2.05) is 79.4 Å². The maximum Gasteiger partial charge on any atom is 0.226 e. The van der Waals surface area contributed by atoms with Gasteiger partial charge in [0.05, 0.1) is 18.2 Å². The number of hydrogen-bond donors (Lipinski definition) is 1. The molecule has 1 saturated heterocycles. The molecule has 1 amide bonds. The van der Waals surface area contributed by atoms with E-state index in [0.29, 0.717) is 17.9 Å². The minimum Gasteiger partial charge on any atom is -0.391 e. The summed E-state index contributed by atoms with van der Waals surface area (Å²) < 4.78 is 0. The van der Waals surface area contributed by atoms with Crippen molar-refractivity contribution in [2.24, 2.45) is 5.92 Å². The SMILES string of the molecule is C=CC[C@H]1CC[C@@H](c2ccc(Cl)cc2)N([C@@H](CC)C(O)CC)C1=O.Clc1ccccc1. The molecule has 0 spiro atoms. The highest BCUT2D eigenvalue weighted by Crippen LogP contribution is 2.38. The molecule has 3 rings (SSSR count). The second kappa shape index (κ2) is 12.9. The third kappa shape index (κ3) is 7.10. The second-order valence-corrected chi connectivity index (χ2v) is 8.73. The van der Waals surface area contributed by atoms with E-state index in [1.54, 1.807) is 0 Å². The van der Waals surface area contributed by atoms with Crippen LogP contribution in [-0.2, 0) is 4.79 Å². The molecule has 1 aliphatic rings. The van der Waals surface area contributed by atoms with Crippen molar-refractivity contribution in [2.75, 3.05) is 0 Å². The lowest BCUT2D eigenvalue weighted by Gasteiger charge is -2.45. The Balaban J connectivity index is 0.000000412. The molecule has 1 N–H and O–H groups in total. The van der Waals surface area contributed by atoms with Crippen molar-refractivity contribution in [2.45, 2.75) is 64.1 Å². The minimum atomic E-state index is -0.503. The van der Waals surface area contributed by atoms with Crippen LogP contribution in [-0.4, -0.2) is 28.1 Å². The van der Waals surface area contributed by atoms with Crippen LogP contribution in [0.3, 0.4) is 0 Å². The maximum atomic E-state index is 13.1. The van der Waals surface area contributed by atoms with Crippen molar-refractivity contribution in [3.63, 3.8) is 0 Å². The number of hydrogen-bond acceptors (Lipinski definition) is 2. The van der Waals surface area contributed by atoms with Gasteiger partial charge >= 0.3 is 0 Å². The number of piperidine rings is 1. The highest BCUT2D eigenvalue weighted by molar-refractivity contribution is 6.30. The maximum absolute atomic E-state index is 13.1. The summed E-state index contributed by atoms with van der Waals surface area (Å²) in [6, 6.07) is 17.0. The summed E-state index contributed by atoms with van der Waals surface area (Å²) in [5.74, 6) is 0.115. The van der Waals surface area contributed by atoms with E-state index in [2.05, 4.69) is 6.58 Å². The van der Waals surface area contributed by atoms with Gasteiger partial charge in [0, 0.05) is 16.0 Å². The van der Waals surface area contributed by atoms with Crippen LogP contribution in [0, 0.1) is 5.92 Å². The molecule has 0 saturated carbocycles. The first-order chi connectivity index (χ1) is 14.9. The van der Waals surface area contributed by atoms with Gasteiger partial charge in [-0.05, 0) is 61.9 Å². The molecule has 0 aromatic heterocycles. The zero-order chi connectivity index (χ0) is 22.8. The average Bonchev–Trinajstić information content (AvgIpc) is 2.78. The van der Waals surface area contributed by atoms with Crippen molar-refractivity contribution in [3.05, 3.63) is 82.9 Å². The lowest BCUT2D eigenvalue weighted by atomic mass is 9.84. The molecule has 0 aliphatic carbocycles. The van der Waals surface area contributed by atoms with E-state index in [9.17, 15) is 9.90 Å². The number of benzene rings is 2. The summed E-state index contributed by atoms with van der Waals surface area (Å²) >= 11 is 11.6. The largest absolute Gasteiger partial charge is 0.391 e. The third-order valence-electron chi connectivity index (χ3n) is 5.81. The predicted molar refractivity (Wildman–Crippen MR) is 130 cm³/mol. The number of amides is 1. The fraction of sp³-hybridized carbons (Fsp3) is 0.423. The standard InChI is InChI=1S/C20H28ClNO2.C6H5Cl/c1-4-7-15-10-13-18(14-8-11-16(21)12-9-14)22(20(15)24)17(5-2)19(23)6-3;7-6-4-2-1-3-5-6/h4,8-9,11-12,15,17-19,23H,1,5-7,10,13H2,2-3H3;1-5H/t15-,17-,18-,19?;/m0./s1. The topological polar surface area (TPSA) is 40.5 Å². The average molecular weight is 462 g/mol. The summed E-state index contributed by atoms with van der Waals surface area (Å²) in [6.07, 6.45) is 5.15. The Kier molecular flexibility index (Phi) is 10.6. The zero-order valence-corrected chi connectivity index (χ0v) is 19.9. The van der Waals surface area contributed by atoms with Crippen LogP contribution < -0.4 is 0 Å². The summed E-state index contributed by atoms with van der Waals surface area (Å²) in [5.41, 5.74) is 1.09. The number of aliphatic hydroxyl groups is 1. The molecule has 1 aliphatic heterocycles. The van der Waals surface area contributed by atoms with Crippen molar-refractivity contribution >= 4 is 29.1 Å². The van der Waals surface area contributed by atoms with Gasteiger partial charge in [0.15, 0.2) is 0 Å². The van der Waals surface area contributed by atoms with Gasteiger partial charge in [-0.3, -0.25) is 4.79 Å². The highest BCUT2D eigenvalue weighted by Gasteiger charge is 2.40. The number of nitrogens with zero attached hydrogens (tertiary/aromatic N) is 1. The molecule has 31 heavy (non-hydrogen) atoms. The Morgan fingerprint density at radius 1 is 1.03 bits per heavy atom. The molecule has 168 valence electrons. The summed E-state index contributed by atoms with van der Waals surface area (Å²) in [5, 5.41) is 12.0. The quantitative estimate of drug-likeness (QED) is 0.447. The van der Waals surface area contributed by atoms with Crippen molar-refractivity contribution in [1.29, 1.82) is 0 Å². The van der Waals surface area contributed by atoms with Crippen LogP contribution in [0.5, 0.6) is 0 Å². The first-order valence-corrected chi connectivity index (χ1v) is 11.8. The van der Waals surface area contributed by atoms with Crippen LogP contribution in [0.15, 0.2) is 67.3 Å². The van der Waals surface area contributed by atoms with E-state index < -0.39 is 6.10 Å². The summed E-state index contributed by atoms with van der Waals surface area (Å²) in [6.45, 7) is 7.78. The van der Waals surface area contributed by atoms with Crippen LogP contribution in [0.25, 0.3) is 0 Å². The third-order valence-corrected chi connectivity index (χ3v) is 6.31. The fourth-order valence-corrected chi connectivity index (χ4v) is 4.43. The number of aliphatic hydroxyl groups excluding tert-OH is 1. The van der Waals surface area contributed by atoms with Crippen molar-refractivity contribution in [1.82, 2.24) is 4.90 Å². The number of carbonyl (C=O) groups is 1. The molecule has 2 aromatic rings. The van der Waals surface area contributed by atoms with E-state index in [-0.39, 0.29) is 23.9 Å². The minimum absolute atomic E-state index is 0.00184. The Bertz CT molecular complexity index is 810. The Hall–Kier alpha value is -1.81. The second-order valence-electron chi connectivity index (χ2n) is 7.86. The van der Waals surface area contributed by atoms with E-state index in [1.165, 1.54) is 0 Å². The van der Waals surface area contributed by atoms with Crippen LogP contribution in [0.1, 0.15) is 57.6 Å². The number of allylic oxidation sites excluding steroid dienone is 1. The van der Waals surface area contributed by atoms with Gasteiger partial charge in [0.1, 0.15) is 0 Å². The van der Waals surface area contributed by atoms with Gasteiger partial charge in [0.2, 0.25) is 5.91 Å². The monoisotopic (exact) mass is 461 g/mol. The van der Waals surface area contributed by atoms with E-state index >= 15 is 0 Å². The molecule has 1 heterocycles. The van der Waals surface area contributed by atoms with Gasteiger partial charge in [-0.1, -0.05) is 73.5 Å². The van der Waals surface area contributed by atoms with Crippen LogP contribution in [0.4, 0.5) is 0 Å². The molecule has 1 fully saturated rings. The van der Waals surface area contributed by atoms with Crippen molar-refractivity contribution in [3.8, 4) is 0 Å². The highest BCUT2D eigenvalue weighted by atomic mass is 35.5. The summed E-state index contributed by atoms with van der Waals surface area (Å²) in [7, 11) is 0. The Morgan fingerprint density at radius 3 is 2.13 bits per heavy atom. The molecule has 0 radical (unpaired) electrons. The molecule has 0 bridgehead atoms. The van der Waals surface area contributed by atoms with Gasteiger partial charge in [-0.25, -0.2) is 0 Å². The molecule has 3 nitrogen and oxygen atoms in total. The van der Waals surface area contributed by atoms with Crippen LogP contribution >= 0.6 is 23.2 Å². The normalized spacial score (nSPS) is 20.4. The molecule has 1 unspecified atom stereocenters. The number of halogens is 2. The fourth-order valence-electron chi connectivity index (χ4n) is 4.15. The molecule has 4 atom stereocenters. The summed E-state index contributed by atoms with van der Waals surface area (Å²) in [4.78, 5) is 15.1. The lowest BCUT2D eigenvalue weighted by molar-refractivity contribution is -0.149. The first kappa shape index (κ1) is 25.5. The smallest absolute Gasteiger partial charge is 0.226 e. The van der Waals surface area contributed by atoms with E-state index in [0.717, 1.165) is 29.8 Å². The zero-order valence-electron chi connectivity index (χ0n) is 18.4. The van der Waals surface area contributed by atoms with Crippen molar-refractivity contribution < 1.29 is 9.90 Å². The van der Waals surface area contributed by atoms with Crippen LogP contribution in [0.2, 0.25) is 10.0 Å². The number of rotatable bonds is 7. The molecule has 5 heteroatoms. The van der Waals surface area contributed by atoms with Gasteiger partial charge in [-0.2, -0.15) is 0 Å². The van der Waals surface area contributed by atoms with Gasteiger partial charge in [-0.15, -0.1) is 6.58 Å². The molecule has 2 aromatic carbocycles. The predicted octanol–water partition coefficient (Wildman–Crippen LogP) is 7.09. The van der Waals surface area contributed by atoms with Gasteiger partial charge in [0.25, 0.3) is 0 Å². The Morgan fingerprint density at radius 2 is 1.65 bits per heavy atom. The molecular weight excluding hydrogens is 429 g/mol.